The molecule has 3 N–H and O–H groups in total. The van der Waals surface area contributed by atoms with Gasteiger partial charge in [-0.25, -0.2) is 9.97 Å². The second-order valence-electron chi connectivity index (χ2n) is 10.1. The molecule has 1 saturated heterocycles. The van der Waals surface area contributed by atoms with Gasteiger partial charge in [0.2, 0.25) is 5.95 Å². The molecule has 4 aromatic rings. The van der Waals surface area contributed by atoms with E-state index < -0.39 is 6.10 Å². The lowest BCUT2D eigenvalue weighted by molar-refractivity contribution is -0.0128. The van der Waals surface area contributed by atoms with E-state index in [2.05, 4.69) is 62.7 Å². The fourth-order valence-electron chi connectivity index (χ4n) is 5.48. The third-order valence-electron chi connectivity index (χ3n) is 7.31. The standard InChI is InChI=1S/C27H30N8O2/c1-16-9-17(2)11-20(10-16)29-27-28-13-19-14-34(7-5-21(19)30-27)24-15-35(8-6-25(24)36)26(37)18-3-4-22-23(12-18)32-33-31-22/h3-4,9-13,24-25,36H,5-8,14-15H2,1-2H3,(H,28,29,30)(H,31,32,33). The van der Waals surface area contributed by atoms with Crippen molar-refractivity contribution < 1.29 is 9.90 Å². The van der Waals surface area contributed by atoms with Gasteiger partial charge >= 0.3 is 0 Å². The summed E-state index contributed by atoms with van der Waals surface area (Å²) in [5, 5.41) is 24.9. The minimum Gasteiger partial charge on any atom is -0.391 e. The summed E-state index contributed by atoms with van der Waals surface area (Å²) < 4.78 is 0. The lowest BCUT2D eigenvalue weighted by Crippen LogP contribution is -2.57. The maximum atomic E-state index is 13.3. The molecule has 1 amide bonds. The van der Waals surface area contributed by atoms with E-state index in [0.717, 1.165) is 35.4 Å². The van der Waals surface area contributed by atoms with Crippen LogP contribution < -0.4 is 5.32 Å². The predicted octanol–water partition coefficient (Wildman–Crippen LogP) is 2.74. The molecule has 2 unspecified atom stereocenters. The number of H-pyrrole nitrogens is 1. The van der Waals surface area contributed by atoms with Crippen molar-refractivity contribution in [2.45, 2.75) is 45.4 Å². The van der Waals surface area contributed by atoms with Gasteiger partial charge in [0.25, 0.3) is 5.91 Å². The van der Waals surface area contributed by atoms with Crippen molar-refractivity contribution in [3.8, 4) is 0 Å². The normalized spacial score (nSPS) is 20.1. The maximum absolute atomic E-state index is 13.3. The molecule has 1 fully saturated rings. The molecular weight excluding hydrogens is 468 g/mol. The number of aliphatic hydroxyl groups is 1. The molecule has 37 heavy (non-hydrogen) atoms. The topological polar surface area (TPSA) is 123 Å². The van der Waals surface area contributed by atoms with Crippen molar-refractivity contribution in [1.82, 2.24) is 35.2 Å². The molecule has 2 aromatic heterocycles. The zero-order valence-corrected chi connectivity index (χ0v) is 21.0. The Bertz CT molecular complexity index is 1450. The van der Waals surface area contributed by atoms with Gasteiger partial charge in [0.15, 0.2) is 0 Å². The molecule has 6 rings (SSSR count). The first-order valence-electron chi connectivity index (χ1n) is 12.6. The number of aryl methyl sites for hydroxylation is 2. The second-order valence-corrected chi connectivity index (χ2v) is 10.1. The average molecular weight is 499 g/mol. The predicted molar refractivity (Wildman–Crippen MR) is 140 cm³/mol. The Labute approximate surface area is 214 Å². The van der Waals surface area contributed by atoms with E-state index in [9.17, 15) is 9.90 Å². The van der Waals surface area contributed by atoms with Crippen LogP contribution in [0.2, 0.25) is 0 Å². The van der Waals surface area contributed by atoms with E-state index in [1.165, 1.54) is 11.1 Å². The Morgan fingerprint density at radius 2 is 1.89 bits per heavy atom. The Hall–Kier alpha value is -3.89. The lowest BCUT2D eigenvalue weighted by Gasteiger charge is -2.43. The van der Waals surface area contributed by atoms with Crippen molar-refractivity contribution >= 4 is 28.6 Å². The fraction of sp³-hybridized carbons (Fsp3) is 0.370. The summed E-state index contributed by atoms with van der Waals surface area (Å²) in [6.45, 7) is 6.55. The number of aromatic amines is 1. The maximum Gasteiger partial charge on any atom is 0.253 e. The number of nitrogens with one attached hydrogen (secondary N) is 2. The van der Waals surface area contributed by atoms with Crippen molar-refractivity contribution in [3.63, 3.8) is 0 Å². The van der Waals surface area contributed by atoms with E-state index in [-0.39, 0.29) is 11.9 Å². The Morgan fingerprint density at radius 3 is 2.73 bits per heavy atom. The van der Waals surface area contributed by atoms with Crippen LogP contribution in [0.15, 0.2) is 42.6 Å². The number of carbonyl (C=O) groups excluding carboxylic acids is 1. The van der Waals surface area contributed by atoms with Gasteiger partial charge in [-0.2, -0.15) is 15.4 Å². The number of hydrogen-bond donors (Lipinski definition) is 3. The Morgan fingerprint density at radius 1 is 1.08 bits per heavy atom. The largest absolute Gasteiger partial charge is 0.391 e. The van der Waals surface area contributed by atoms with Crippen molar-refractivity contribution in [2.24, 2.45) is 0 Å². The number of nitrogens with zero attached hydrogens (tertiary/aromatic N) is 6. The molecule has 2 aromatic carbocycles. The number of amides is 1. The number of likely N-dealkylation sites (tertiary alicyclic amines) is 1. The molecule has 10 heteroatoms. The molecule has 190 valence electrons. The van der Waals surface area contributed by atoms with Crippen LogP contribution in [0.4, 0.5) is 11.6 Å². The molecule has 2 atom stereocenters. The molecule has 4 heterocycles. The number of aliphatic hydroxyl groups excluding tert-OH is 1. The monoisotopic (exact) mass is 498 g/mol. The van der Waals surface area contributed by atoms with E-state index >= 15 is 0 Å². The molecule has 0 bridgehead atoms. The van der Waals surface area contributed by atoms with Crippen molar-refractivity contribution in [3.05, 3.63) is 70.5 Å². The van der Waals surface area contributed by atoms with Gasteiger partial charge < -0.3 is 15.3 Å². The summed E-state index contributed by atoms with van der Waals surface area (Å²) in [6.07, 6.45) is 2.70. The third kappa shape index (κ3) is 4.77. The SMILES string of the molecule is Cc1cc(C)cc(Nc2ncc3c(n2)CCN(C2CN(C(=O)c4ccc5n[nH]nc5c4)CCC2O)C3)c1. The number of rotatable bonds is 4. The highest BCUT2D eigenvalue weighted by molar-refractivity contribution is 5.97. The summed E-state index contributed by atoms with van der Waals surface area (Å²) in [4.78, 5) is 26.7. The Kier molecular flexibility index (Phi) is 6.05. The summed E-state index contributed by atoms with van der Waals surface area (Å²) in [6, 6.07) is 11.5. The Balaban J connectivity index is 1.15. The molecule has 2 aliphatic heterocycles. The number of fused-ring (bicyclic) bond motifs is 2. The third-order valence-corrected chi connectivity index (χ3v) is 7.31. The zero-order valence-electron chi connectivity index (χ0n) is 21.0. The number of hydrogen-bond acceptors (Lipinski definition) is 8. The number of piperidine rings is 1. The molecule has 0 spiro atoms. The molecule has 0 radical (unpaired) electrons. The molecule has 10 nitrogen and oxygen atoms in total. The van der Waals surface area contributed by atoms with Gasteiger partial charge in [-0.1, -0.05) is 6.07 Å². The van der Waals surface area contributed by atoms with Crippen LogP contribution in [0.25, 0.3) is 11.0 Å². The summed E-state index contributed by atoms with van der Waals surface area (Å²) in [5.41, 5.74) is 7.41. The van der Waals surface area contributed by atoms with Gasteiger partial charge in [0.1, 0.15) is 11.0 Å². The minimum absolute atomic E-state index is 0.0513. The lowest BCUT2D eigenvalue weighted by atomic mass is 9.96. The van der Waals surface area contributed by atoms with E-state index in [1.807, 2.05) is 11.1 Å². The number of anilines is 2. The van der Waals surface area contributed by atoms with Crippen LogP contribution in [0, 0.1) is 13.8 Å². The van der Waals surface area contributed by atoms with Crippen LogP contribution in [0.5, 0.6) is 0 Å². The molecular formula is C27H30N8O2. The highest BCUT2D eigenvalue weighted by Crippen LogP contribution is 2.26. The van der Waals surface area contributed by atoms with Crippen LogP contribution in [0.3, 0.4) is 0 Å². The van der Waals surface area contributed by atoms with Gasteiger partial charge in [0.05, 0.1) is 17.8 Å². The first-order valence-corrected chi connectivity index (χ1v) is 12.6. The highest BCUT2D eigenvalue weighted by Gasteiger charge is 2.36. The average Bonchev–Trinajstić information content (AvgIpc) is 3.36. The van der Waals surface area contributed by atoms with Gasteiger partial charge in [-0.05, 0) is 61.7 Å². The van der Waals surface area contributed by atoms with E-state index in [1.54, 1.807) is 18.2 Å². The van der Waals surface area contributed by atoms with Gasteiger partial charge in [0, 0.05) is 55.6 Å². The molecule has 0 aliphatic carbocycles. The van der Waals surface area contributed by atoms with Gasteiger partial charge in [-0.3, -0.25) is 9.69 Å². The van der Waals surface area contributed by atoms with Crippen LogP contribution in [-0.4, -0.2) is 78.0 Å². The van der Waals surface area contributed by atoms with Crippen molar-refractivity contribution in [2.75, 3.05) is 25.0 Å². The minimum atomic E-state index is -0.491. The molecule has 0 saturated carbocycles. The number of benzene rings is 2. The summed E-state index contributed by atoms with van der Waals surface area (Å²) in [7, 11) is 0. The fourth-order valence-corrected chi connectivity index (χ4v) is 5.48. The van der Waals surface area contributed by atoms with E-state index in [4.69, 9.17) is 4.98 Å². The number of carbonyl (C=O) groups is 1. The highest BCUT2D eigenvalue weighted by atomic mass is 16.3. The van der Waals surface area contributed by atoms with Crippen molar-refractivity contribution in [1.29, 1.82) is 0 Å². The number of aromatic nitrogens is 5. The second kappa shape index (κ2) is 9.53. The summed E-state index contributed by atoms with van der Waals surface area (Å²) in [5.74, 6) is 0.542. The van der Waals surface area contributed by atoms with Crippen LogP contribution in [-0.2, 0) is 13.0 Å². The quantitative estimate of drug-likeness (QED) is 0.393. The smallest absolute Gasteiger partial charge is 0.253 e. The van der Waals surface area contributed by atoms with Crippen LogP contribution >= 0.6 is 0 Å². The van der Waals surface area contributed by atoms with Gasteiger partial charge in [-0.15, -0.1) is 0 Å². The van der Waals surface area contributed by atoms with E-state index in [0.29, 0.717) is 43.1 Å². The summed E-state index contributed by atoms with van der Waals surface area (Å²) >= 11 is 0. The first-order chi connectivity index (χ1) is 17.9. The molecule has 2 aliphatic rings. The first kappa shape index (κ1) is 23.5. The zero-order chi connectivity index (χ0) is 25.5. The van der Waals surface area contributed by atoms with Crippen LogP contribution in [0.1, 0.15) is 39.2 Å².